The van der Waals surface area contributed by atoms with Crippen LogP contribution in [0.2, 0.25) is 0 Å². The Bertz CT molecular complexity index is 1100. The van der Waals surface area contributed by atoms with Gasteiger partial charge < -0.3 is 24.1 Å². The zero-order chi connectivity index (χ0) is 25.5. The number of rotatable bonds is 3. The first-order chi connectivity index (χ1) is 16.4. The lowest BCUT2D eigenvalue weighted by molar-refractivity contribution is -0.203. The van der Waals surface area contributed by atoms with Gasteiger partial charge in [0.05, 0.1) is 32.2 Å². The normalized spacial score (nSPS) is 40.9. The van der Waals surface area contributed by atoms with Crippen LogP contribution >= 0.6 is 0 Å². The van der Waals surface area contributed by atoms with E-state index in [1.54, 1.807) is 18.6 Å². The molecule has 0 unspecified atom stereocenters. The lowest BCUT2D eigenvalue weighted by atomic mass is 9.40. The summed E-state index contributed by atoms with van der Waals surface area (Å²) in [6.45, 7) is 7.54. The van der Waals surface area contributed by atoms with Crippen molar-refractivity contribution in [1.29, 1.82) is 0 Å². The molecule has 8 nitrogen and oxygen atoms in total. The minimum Gasteiger partial charge on any atom is -0.472 e. The molecule has 1 aromatic rings. The number of fused-ring (bicyclic) bond motifs is 5. The average Bonchev–Trinajstić information content (AvgIpc) is 3.34. The minimum atomic E-state index is -1.56. The van der Waals surface area contributed by atoms with Crippen LogP contribution in [0, 0.1) is 34.0 Å². The van der Waals surface area contributed by atoms with E-state index in [4.69, 9.17) is 13.9 Å². The number of hydrogen-bond acceptors (Lipinski definition) is 8. The predicted molar refractivity (Wildman–Crippen MR) is 123 cm³/mol. The van der Waals surface area contributed by atoms with E-state index in [0.29, 0.717) is 19.3 Å². The minimum absolute atomic E-state index is 0.122. The first-order valence-electron chi connectivity index (χ1n) is 12.3. The molecule has 5 rings (SSSR count). The number of aliphatic hydroxyl groups is 2. The van der Waals surface area contributed by atoms with E-state index in [1.165, 1.54) is 7.11 Å². The van der Waals surface area contributed by atoms with Gasteiger partial charge in [0.25, 0.3) is 0 Å². The van der Waals surface area contributed by atoms with Gasteiger partial charge in [0.15, 0.2) is 6.10 Å². The topological polar surface area (TPSA) is 123 Å². The van der Waals surface area contributed by atoms with Crippen molar-refractivity contribution in [2.45, 2.75) is 71.7 Å². The maximum Gasteiger partial charge on any atom is 0.335 e. The predicted octanol–water partition coefficient (Wildman–Crippen LogP) is 3.13. The number of ether oxygens (including phenoxy) is 2. The number of methoxy groups -OCH3 is 1. The number of ketones is 1. The lowest BCUT2D eigenvalue weighted by Crippen LogP contribution is -2.68. The van der Waals surface area contributed by atoms with Crippen LogP contribution < -0.4 is 0 Å². The molecule has 190 valence electrons. The van der Waals surface area contributed by atoms with E-state index in [2.05, 4.69) is 6.92 Å². The Balaban J connectivity index is 1.69. The van der Waals surface area contributed by atoms with Crippen molar-refractivity contribution >= 4 is 17.7 Å². The Hall–Kier alpha value is -2.45. The average molecular weight is 487 g/mol. The molecular weight excluding hydrogens is 452 g/mol. The van der Waals surface area contributed by atoms with Crippen LogP contribution in [0.4, 0.5) is 0 Å². The van der Waals surface area contributed by atoms with Crippen LogP contribution in [-0.2, 0) is 23.9 Å². The number of carbonyl (C=O) groups excluding carboxylic acids is 3. The molecule has 3 fully saturated rings. The number of aliphatic hydroxyl groups excluding tert-OH is 2. The lowest BCUT2D eigenvalue weighted by Gasteiger charge is -2.63. The number of carbonyl (C=O) groups is 3. The summed E-state index contributed by atoms with van der Waals surface area (Å²) in [5.41, 5.74) is 0.241. The van der Waals surface area contributed by atoms with Gasteiger partial charge in [-0.3, -0.25) is 9.59 Å². The summed E-state index contributed by atoms with van der Waals surface area (Å²) in [4.78, 5) is 39.2. The molecular formula is C27H34O8. The van der Waals surface area contributed by atoms with Crippen molar-refractivity contribution in [1.82, 2.24) is 0 Å². The maximum atomic E-state index is 13.9. The summed E-state index contributed by atoms with van der Waals surface area (Å²) in [5.74, 6) is -3.07. The molecule has 8 atom stereocenters. The molecule has 8 heteroatoms. The number of allylic oxidation sites excluding steroid dienone is 1. The number of hydrogen-bond donors (Lipinski definition) is 2. The quantitative estimate of drug-likeness (QED) is 0.493. The number of Topliss-reactive ketones (excluding diaryl/α,β-unsaturated/α-hetero) is 1. The highest BCUT2D eigenvalue weighted by Gasteiger charge is 2.69. The molecule has 0 radical (unpaired) electrons. The van der Waals surface area contributed by atoms with Crippen LogP contribution in [0.15, 0.2) is 34.2 Å². The van der Waals surface area contributed by atoms with E-state index in [-0.39, 0.29) is 24.1 Å². The van der Waals surface area contributed by atoms with E-state index >= 15 is 0 Å². The van der Waals surface area contributed by atoms with Gasteiger partial charge in [-0.15, -0.1) is 0 Å². The monoisotopic (exact) mass is 486 g/mol. The summed E-state index contributed by atoms with van der Waals surface area (Å²) in [7, 11) is 1.20. The van der Waals surface area contributed by atoms with Crippen molar-refractivity contribution in [3.05, 3.63) is 35.3 Å². The highest BCUT2D eigenvalue weighted by molar-refractivity contribution is 5.93. The zero-order valence-corrected chi connectivity index (χ0v) is 20.9. The summed E-state index contributed by atoms with van der Waals surface area (Å²) in [6, 6.07) is 1.80. The smallest absolute Gasteiger partial charge is 0.335 e. The Morgan fingerprint density at radius 1 is 1.23 bits per heavy atom. The van der Waals surface area contributed by atoms with Crippen molar-refractivity contribution in [3.8, 4) is 0 Å². The molecule has 0 aromatic carbocycles. The molecule has 1 saturated heterocycles. The second-order valence-electron chi connectivity index (χ2n) is 11.8. The van der Waals surface area contributed by atoms with E-state index in [0.717, 1.165) is 16.7 Å². The standard InChI is InChI=1S/C27H34O8/c1-25(2)20(19(29)24(32)33-5)27(4)16-6-8-26(3)17(14(16)10-15(21(25)30)22(27)31)11-18(28)35-23(26)13-7-9-34-12-13/h7,9,12,15-16,19-21,23,29-30H,6,8,10-11H2,1-5H3/t15-,16-,19-,20+,21+,23+,26-,27+/m1/s1. The Labute approximate surface area is 204 Å². The second kappa shape index (κ2) is 7.77. The molecule has 4 aliphatic rings. The van der Waals surface area contributed by atoms with Gasteiger partial charge in [-0.2, -0.15) is 0 Å². The van der Waals surface area contributed by atoms with Gasteiger partial charge in [0.1, 0.15) is 11.9 Å². The number of furan rings is 1. The Morgan fingerprint density at radius 2 is 1.94 bits per heavy atom. The van der Waals surface area contributed by atoms with Crippen molar-refractivity contribution in [2.75, 3.05) is 7.11 Å². The van der Waals surface area contributed by atoms with E-state index in [1.807, 2.05) is 20.8 Å². The van der Waals surface area contributed by atoms with Gasteiger partial charge in [-0.05, 0) is 42.2 Å². The number of esters is 2. The molecule has 0 spiro atoms. The molecule has 2 bridgehead atoms. The zero-order valence-electron chi connectivity index (χ0n) is 20.9. The summed E-state index contributed by atoms with van der Waals surface area (Å²) in [5, 5.41) is 22.5. The van der Waals surface area contributed by atoms with E-state index in [9.17, 15) is 24.6 Å². The largest absolute Gasteiger partial charge is 0.472 e. The third kappa shape index (κ3) is 3.08. The Kier molecular flexibility index (Phi) is 5.39. The Morgan fingerprint density at radius 3 is 2.57 bits per heavy atom. The molecule has 0 amide bonds. The van der Waals surface area contributed by atoms with Crippen LogP contribution in [-0.4, -0.2) is 47.3 Å². The van der Waals surface area contributed by atoms with Crippen molar-refractivity contribution in [2.24, 2.45) is 34.0 Å². The summed E-state index contributed by atoms with van der Waals surface area (Å²) < 4.78 is 16.0. The first kappa shape index (κ1) is 24.3. The number of cyclic esters (lactones) is 1. The van der Waals surface area contributed by atoms with Crippen LogP contribution in [0.1, 0.15) is 65.0 Å². The van der Waals surface area contributed by atoms with Crippen molar-refractivity contribution in [3.63, 3.8) is 0 Å². The molecule has 1 aromatic heterocycles. The maximum absolute atomic E-state index is 13.9. The molecule has 3 aliphatic carbocycles. The molecule has 2 saturated carbocycles. The molecule has 35 heavy (non-hydrogen) atoms. The second-order valence-corrected chi connectivity index (χ2v) is 11.8. The fraction of sp³-hybridized carbons (Fsp3) is 0.667. The highest BCUT2D eigenvalue weighted by atomic mass is 16.5. The van der Waals surface area contributed by atoms with Gasteiger partial charge in [0, 0.05) is 28.2 Å². The van der Waals surface area contributed by atoms with Gasteiger partial charge in [-0.25, -0.2) is 4.79 Å². The third-order valence-corrected chi connectivity index (χ3v) is 9.83. The summed E-state index contributed by atoms with van der Waals surface area (Å²) in [6.07, 6.45) is 1.80. The van der Waals surface area contributed by atoms with Crippen LogP contribution in [0.25, 0.3) is 0 Å². The van der Waals surface area contributed by atoms with Crippen LogP contribution in [0.5, 0.6) is 0 Å². The van der Waals surface area contributed by atoms with Gasteiger partial charge >= 0.3 is 11.9 Å². The SMILES string of the molecule is COC(=O)[C@H](O)[C@H]1C(C)(C)[C@@H](O)[C@H]2CC3=C4CC(=O)O[C@@H](c5ccoc5)[C@]4(C)CC[C@H]3[C@]1(C)C2=O. The molecule has 1 aliphatic heterocycles. The van der Waals surface area contributed by atoms with Crippen molar-refractivity contribution < 1.29 is 38.5 Å². The fourth-order valence-electron chi connectivity index (χ4n) is 8.18. The van der Waals surface area contributed by atoms with Gasteiger partial charge in [-0.1, -0.05) is 33.3 Å². The first-order valence-corrected chi connectivity index (χ1v) is 12.3. The van der Waals surface area contributed by atoms with Crippen LogP contribution in [0.3, 0.4) is 0 Å². The molecule has 2 N–H and O–H groups in total. The summed E-state index contributed by atoms with van der Waals surface area (Å²) >= 11 is 0. The third-order valence-electron chi connectivity index (χ3n) is 9.83. The van der Waals surface area contributed by atoms with Gasteiger partial charge in [0.2, 0.25) is 0 Å². The van der Waals surface area contributed by atoms with E-state index < -0.39 is 52.4 Å². The highest BCUT2D eigenvalue weighted by Crippen LogP contribution is 2.67. The fourth-order valence-corrected chi connectivity index (χ4v) is 8.18. The molecule has 2 heterocycles.